The highest BCUT2D eigenvalue weighted by Crippen LogP contribution is 2.34. The molecule has 1 aliphatic rings. The molecule has 0 unspecified atom stereocenters. The van der Waals surface area contributed by atoms with Crippen molar-refractivity contribution in [2.45, 2.75) is 38.5 Å². The van der Waals surface area contributed by atoms with Gasteiger partial charge in [-0.05, 0) is 32.6 Å². The third-order valence-electron chi connectivity index (χ3n) is 3.13. The number of rotatable bonds is 2. The van der Waals surface area contributed by atoms with Crippen LogP contribution in [-0.4, -0.2) is 16.0 Å². The summed E-state index contributed by atoms with van der Waals surface area (Å²) in [6.45, 7) is 1.81. The van der Waals surface area contributed by atoms with Crippen molar-refractivity contribution in [3.8, 4) is 0 Å². The molecule has 3 N–H and O–H groups in total. The number of aryl methyl sites for hydroxylation is 1. The summed E-state index contributed by atoms with van der Waals surface area (Å²) in [7, 11) is 0. The van der Waals surface area contributed by atoms with E-state index in [1.807, 2.05) is 0 Å². The fraction of sp³-hybridized carbons (Fsp3) is 0.700. The van der Waals surface area contributed by atoms with Crippen LogP contribution in [0.3, 0.4) is 0 Å². The number of carbonyl (C=O) groups excluding carboxylic acids is 1. The number of nitrogens with two attached hydrogens (primary N) is 1. The van der Waals surface area contributed by atoms with Crippen LogP contribution in [0.2, 0.25) is 0 Å². The van der Waals surface area contributed by atoms with Crippen LogP contribution in [0.5, 0.6) is 0 Å². The first-order chi connectivity index (χ1) is 7.70. The van der Waals surface area contributed by atoms with E-state index in [9.17, 15) is 4.79 Å². The van der Waals surface area contributed by atoms with Crippen LogP contribution in [0.4, 0.5) is 0 Å². The summed E-state index contributed by atoms with van der Waals surface area (Å²) in [6.07, 6.45) is 3.46. The molecule has 1 saturated carbocycles. The molecule has 1 amide bonds. The fourth-order valence-electron chi connectivity index (χ4n) is 2.20. The number of hydrazine groups is 1. The van der Waals surface area contributed by atoms with E-state index < -0.39 is 0 Å². The molecule has 1 aromatic rings. The minimum absolute atomic E-state index is 0.0327. The first-order valence-electron chi connectivity index (χ1n) is 5.51. The molecule has 0 spiro atoms. The third-order valence-corrected chi connectivity index (χ3v) is 3.13. The molecule has 1 aromatic heterocycles. The van der Waals surface area contributed by atoms with Gasteiger partial charge in [-0.1, -0.05) is 5.16 Å². The molecule has 6 heteroatoms. The third kappa shape index (κ3) is 2.21. The summed E-state index contributed by atoms with van der Waals surface area (Å²) in [5.41, 5.74) is 2.20. The van der Waals surface area contributed by atoms with Gasteiger partial charge in [0, 0.05) is 11.8 Å². The number of aromatic nitrogens is 2. The second-order valence-corrected chi connectivity index (χ2v) is 4.24. The van der Waals surface area contributed by atoms with Crippen LogP contribution < -0.4 is 11.3 Å². The highest BCUT2D eigenvalue weighted by molar-refractivity contribution is 5.78. The van der Waals surface area contributed by atoms with E-state index >= 15 is 0 Å². The van der Waals surface area contributed by atoms with Crippen LogP contribution >= 0.6 is 0 Å². The average molecular weight is 224 g/mol. The van der Waals surface area contributed by atoms with Crippen LogP contribution in [0, 0.1) is 12.8 Å². The van der Waals surface area contributed by atoms with E-state index in [1.54, 1.807) is 6.92 Å². The molecular formula is C10H16N4O2. The Morgan fingerprint density at radius 3 is 2.62 bits per heavy atom. The van der Waals surface area contributed by atoms with E-state index in [0.717, 1.165) is 25.7 Å². The van der Waals surface area contributed by atoms with Gasteiger partial charge in [0.05, 0.1) is 0 Å². The smallest absolute Gasteiger partial charge is 0.236 e. The predicted molar refractivity (Wildman–Crippen MR) is 56.1 cm³/mol. The zero-order chi connectivity index (χ0) is 11.5. The highest BCUT2D eigenvalue weighted by Gasteiger charge is 2.29. The lowest BCUT2D eigenvalue weighted by Gasteiger charge is -2.24. The monoisotopic (exact) mass is 224 g/mol. The largest absolute Gasteiger partial charge is 0.339 e. The van der Waals surface area contributed by atoms with Gasteiger partial charge in [0.15, 0.2) is 5.82 Å². The Labute approximate surface area is 93.6 Å². The van der Waals surface area contributed by atoms with Crippen molar-refractivity contribution < 1.29 is 9.32 Å². The summed E-state index contributed by atoms with van der Waals surface area (Å²) in [6, 6.07) is 0. The predicted octanol–water partition coefficient (Wildman–Crippen LogP) is 0.642. The van der Waals surface area contributed by atoms with Crippen LogP contribution in [0.25, 0.3) is 0 Å². The maximum Gasteiger partial charge on any atom is 0.236 e. The van der Waals surface area contributed by atoms with Gasteiger partial charge in [-0.25, -0.2) is 5.84 Å². The number of hydrogen-bond donors (Lipinski definition) is 2. The van der Waals surface area contributed by atoms with Crippen molar-refractivity contribution in [1.82, 2.24) is 15.6 Å². The van der Waals surface area contributed by atoms with Crippen molar-refractivity contribution in [3.63, 3.8) is 0 Å². The van der Waals surface area contributed by atoms with E-state index in [-0.39, 0.29) is 11.8 Å². The fourth-order valence-corrected chi connectivity index (χ4v) is 2.20. The summed E-state index contributed by atoms with van der Waals surface area (Å²) in [5, 5.41) is 3.78. The minimum Gasteiger partial charge on any atom is -0.339 e. The Hall–Kier alpha value is -1.43. The lowest BCUT2D eigenvalue weighted by Crippen LogP contribution is -2.37. The van der Waals surface area contributed by atoms with E-state index in [1.165, 1.54) is 0 Å². The normalized spacial score (nSPS) is 25.4. The standard InChI is InChI=1S/C10H16N4O2/c1-6-12-10(16-14-6)8-4-2-7(3-5-8)9(15)13-11/h7-8H,2-5,11H2,1H3,(H,13,15)/t7-,8-. The van der Waals surface area contributed by atoms with E-state index in [4.69, 9.17) is 10.4 Å². The molecule has 0 atom stereocenters. The van der Waals surface area contributed by atoms with Gasteiger partial charge in [0.25, 0.3) is 0 Å². The molecular weight excluding hydrogens is 208 g/mol. The molecule has 6 nitrogen and oxygen atoms in total. The molecule has 1 fully saturated rings. The SMILES string of the molecule is Cc1noc([C@H]2CC[C@H](C(=O)NN)CC2)n1. The summed E-state index contributed by atoms with van der Waals surface area (Å²) in [5.74, 6) is 6.73. The topological polar surface area (TPSA) is 94.0 Å². The lowest BCUT2D eigenvalue weighted by atomic mass is 9.81. The van der Waals surface area contributed by atoms with Crippen molar-refractivity contribution in [2.75, 3.05) is 0 Å². The number of amides is 1. The van der Waals surface area contributed by atoms with E-state index in [0.29, 0.717) is 17.6 Å². The summed E-state index contributed by atoms with van der Waals surface area (Å²) >= 11 is 0. The summed E-state index contributed by atoms with van der Waals surface area (Å²) < 4.78 is 5.14. The molecule has 0 bridgehead atoms. The maximum absolute atomic E-state index is 11.3. The van der Waals surface area contributed by atoms with Gasteiger partial charge in [0.1, 0.15) is 0 Å². The van der Waals surface area contributed by atoms with Gasteiger partial charge in [-0.2, -0.15) is 4.98 Å². The Balaban J connectivity index is 1.92. The molecule has 16 heavy (non-hydrogen) atoms. The van der Waals surface area contributed by atoms with Crippen LogP contribution in [0.15, 0.2) is 4.52 Å². The first kappa shape index (κ1) is 11.1. The van der Waals surface area contributed by atoms with Gasteiger partial charge in [0.2, 0.25) is 11.8 Å². The second kappa shape index (κ2) is 4.61. The minimum atomic E-state index is -0.0693. The summed E-state index contributed by atoms with van der Waals surface area (Å²) in [4.78, 5) is 15.5. The Kier molecular flexibility index (Phi) is 3.19. The second-order valence-electron chi connectivity index (χ2n) is 4.24. The highest BCUT2D eigenvalue weighted by atomic mass is 16.5. The van der Waals surface area contributed by atoms with Crippen molar-refractivity contribution >= 4 is 5.91 Å². The van der Waals surface area contributed by atoms with Crippen LogP contribution in [0.1, 0.15) is 43.3 Å². The number of carbonyl (C=O) groups is 1. The molecule has 0 aromatic carbocycles. The number of nitrogens with one attached hydrogen (secondary N) is 1. The first-order valence-corrected chi connectivity index (χ1v) is 5.51. The van der Waals surface area contributed by atoms with Crippen molar-refractivity contribution in [3.05, 3.63) is 11.7 Å². The zero-order valence-corrected chi connectivity index (χ0v) is 9.27. The van der Waals surface area contributed by atoms with Crippen LogP contribution in [-0.2, 0) is 4.79 Å². The Morgan fingerprint density at radius 1 is 1.44 bits per heavy atom. The molecule has 1 heterocycles. The van der Waals surface area contributed by atoms with Crippen molar-refractivity contribution in [1.29, 1.82) is 0 Å². The molecule has 0 aliphatic heterocycles. The number of nitrogens with zero attached hydrogens (tertiary/aromatic N) is 2. The Bertz CT molecular complexity index is 369. The number of hydrogen-bond acceptors (Lipinski definition) is 5. The molecule has 2 rings (SSSR count). The maximum atomic E-state index is 11.3. The van der Waals surface area contributed by atoms with Gasteiger partial charge in [-0.3, -0.25) is 10.2 Å². The zero-order valence-electron chi connectivity index (χ0n) is 9.27. The molecule has 88 valence electrons. The molecule has 0 saturated heterocycles. The van der Waals surface area contributed by atoms with Gasteiger partial charge >= 0.3 is 0 Å². The van der Waals surface area contributed by atoms with Gasteiger partial charge < -0.3 is 4.52 Å². The van der Waals surface area contributed by atoms with Gasteiger partial charge in [-0.15, -0.1) is 0 Å². The lowest BCUT2D eigenvalue weighted by molar-refractivity contribution is -0.126. The quantitative estimate of drug-likeness (QED) is 0.437. The van der Waals surface area contributed by atoms with Crippen molar-refractivity contribution in [2.24, 2.45) is 11.8 Å². The van der Waals surface area contributed by atoms with E-state index in [2.05, 4.69) is 15.6 Å². The molecule has 0 radical (unpaired) electrons. The average Bonchev–Trinajstić information content (AvgIpc) is 2.75. The Morgan fingerprint density at radius 2 is 2.12 bits per heavy atom. The molecule has 1 aliphatic carbocycles.